The molecule has 2 heterocycles. The number of nitrogens with two attached hydrogens (primary N) is 1. The molecule has 0 spiro atoms. The number of non-ortho nitro benzene ring substituents is 1. The van der Waals surface area contributed by atoms with Crippen LogP contribution in [0.3, 0.4) is 0 Å². The maximum Gasteiger partial charge on any atom is 0.422 e. The van der Waals surface area contributed by atoms with E-state index < -0.39 is 29.7 Å². The van der Waals surface area contributed by atoms with E-state index in [1.54, 1.807) is 19.0 Å². The number of nitrogens with zero attached hydrogens (tertiary/aromatic N) is 3. The maximum absolute atomic E-state index is 13.3. The summed E-state index contributed by atoms with van der Waals surface area (Å²) < 4.78 is 46.6. The first-order chi connectivity index (χ1) is 17.3. The van der Waals surface area contributed by atoms with Gasteiger partial charge in [0.1, 0.15) is 0 Å². The van der Waals surface area contributed by atoms with Crippen LogP contribution in [0.15, 0.2) is 42.6 Å². The summed E-state index contributed by atoms with van der Waals surface area (Å²) in [5, 5.41) is 13.5. The lowest BCUT2D eigenvalue weighted by Gasteiger charge is -2.14. The number of pyridine rings is 1. The lowest BCUT2D eigenvalue weighted by Crippen LogP contribution is -2.21. The number of alkyl halides is 3. The highest BCUT2D eigenvalue weighted by Crippen LogP contribution is 2.43. The van der Waals surface area contributed by atoms with Gasteiger partial charge in [-0.3, -0.25) is 14.9 Å². The number of carbonyl (C=O) groups excluding carboxylic acids is 2. The van der Waals surface area contributed by atoms with Crippen LogP contribution >= 0.6 is 11.3 Å². The second-order valence-electron chi connectivity index (χ2n) is 7.78. The van der Waals surface area contributed by atoms with Crippen molar-refractivity contribution in [2.24, 2.45) is 5.73 Å². The summed E-state index contributed by atoms with van der Waals surface area (Å²) in [6, 6.07) is 8.05. The van der Waals surface area contributed by atoms with Gasteiger partial charge in [-0.25, -0.2) is 9.78 Å². The third kappa shape index (κ3) is 7.37. The predicted molar refractivity (Wildman–Crippen MR) is 128 cm³/mol. The number of benzene rings is 1. The molecule has 0 unspecified atom stereocenters. The number of rotatable bonds is 9. The fraction of sp³-hybridized carbons (Fsp3) is 0.227. The number of nitrogens with one attached hydrogen (secondary N) is 1. The smallest absolute Gasteiger partial charge is 0.422 e. The average Bonchev–Trinajstić information content (AvgIpc) is 3.14. The first kappa shape index (κ1) is 27.3. The van der Waals surface area contributed by atoms with Gasteiger partial charge in [0.15, 0.2) is 11.7 Å². The van der Waals surface area contributed by atoms with Crippen LogP contribution < -0.4 is 20.5 Å². The van der Waals surface area contributed by atoms with Crippen LogP contribution in [0.1, 0.15) is 15.9 Å². The van der Waals surface area contributed by atoms with E-state index in [4.69, 9.17) is 10.5 Å². The average molecular weight is 539 g/mol. The van der Waals surface area contributed by atoms with Gasteiger partial charge >= 0.3 is 12.3 Å². The fourth-order valence-corrected chi connectivity index (χ4v) is 4.33. The molecule has 11 nitrogen and oxygen atoms in total. The van der Waals surface area contributed by atoms with Crippen molar-refractivity contribution in [2.75, 3.05) is 26.0 Å². The summed E-state index contributed by atoms with van der Waals surface area (Å²) >= 11 is 0.951. The van der Waals surface area contributed by atoms with Crippen LogP contribution in [0, 0.1) is 10.1 Å². The first-order valence-electron chi connectivity index (χ1n) is 10.3. The van der Waals surface area contributed by atoms with Gasteiger partial charge < -0.3 is 25.4 Å². The molecule has 0 saturated heterocycles. The number of carbonyl (C=O) groups is 2. The highest BCUT2D eigenvalue weighted by Gasteiger charge is 2.29. The number of nitro benzene ring substituents is 1. The summed E-state index contributed by atoms with van der Waals surface area (Å²) in [7, 11) is 3.49. The SMILES string of the molecule is CN(C)Cc1c(-c2ccc([N+](=O)[O-])cc2)sc(OC(N)=O)c1C(=O)Nc1ccc(OCC(F)(F)F)nc1. The molecule has 0 aliphatic rings. The molecule has 0 aliphatic heterocycles. The largest absolute Gasteiger partial charge is 0.468 e. The third-order valence-electron chi connectivity index (χ3n) is 4.59. The van der Waals surface area contributed by atoms with E-state index in [-0.39, 0.29) is 34.4 Å². The Bertz CT molecular complexity index is 1290. The van der Waals surface area contributed by atoms with Crippen molar-refractivity contribution in [3.05, 3.63) is 63.8 Å². The topological polar surface area (TPSA) is 150 Å². The lowest BCUT2D eigenvalue weighted by molar-refractivity contribution is -0.384. The van der Waals surface area contributed by atoms with Gasteiger partial charge in [-0.15, -0.1) is 0 Å². The maximum atomic E-state index is 13.3. The van der Waals surface area contributed by atoms with Crippen molar-refractivity contribution >= 4 is 34.7 Å². The number of amides is 2. The zero-order valence-corrected chi connectivity index (χ0v) is 20.2. The zero-order chi connectivity index (χ0) is 27.3. The Morgan fingerprint density at radius 1 is 1.19 bits per heavy atom. The van der Waals surface area contributed by atoms with E-state index in [2.05, 4.69) is 15.0 Å². The number of ether oxygens (including phenoxy) is 2. The lowest BCUT2D eigenvalue weighted by atomic mass is 10.0. The molecule has 15 heteroatoms. The molecule has 196 valence electrons. The van der Waals surface area contributed by atoms with E-state index in [0.717, 1.165) is 23.6 Å². The van der Waals surface area contributed by atoms with Gasteiger partial charge in [-0.05, 0) is 37.9 Å². The minimum absolute atomic E-state index is 0.0109. The molecule has 37 heavy (non-hydrogen) atoms. The number of thiophene rings is 1. The molecule has 2 amide bonds. The molecule has 1 aromatic carbocycles. The summed E-state index contributed by atoms with van der Waals surface area (Å²) in [5.74, 6) is -0.999. The Morgan fingerprint density at radius 2 is 1.86 bits per heavy atom. The molecule has 0 atom stereocenters. The van der Waals surface area contributed by atoms with Crippen molar-refractivity contribution in [2.45, 2.75) is 12.7 Å². The minimum Gasteiger partial charge on any atom is -0.468 e. The van der Waals surface area contributed by atoms with Gasteiger partial charge in [0.25, 0.3) is 11.6 Å². The molecule has 0 bridgehead atoms. The summed E-state index contributed by atoms with van der Waals surface area (Å²) in [4.78, 5) is 41.3. The van der Waals surface area contributed by atoms with Crippen molar-refractivity contribution in [3.63, 3.8) is 0 Å². The van der Waals surface area contributed by atoms with Crippen LogP contribution in [0.5, 0.6) is 10.9 Å². The second-order valence-corrected chi connectivity index (χ2v) is 8.76. The molecule has 0 saturated carbocycles. The molecule has 3 rings (SSSR count). The number of nitro groups is 1. The number of anilines is 1. The third-order valence-corrected chi connectivity index (χ3v) is 5.75. The molecule has 2 aromatic heterocycles. The number of halogens is 3. The quantitative estimate of drug-likeness (QED) is 0.300. The van der Waals surface area contributed by atoms with E-state index in [1.807, 2.05) is 0 Å². The summed E-state index contributed by atoms with van der Waals surface area (Å²) in [5.41, 5.74) is 6.18. The van der Waals surface area contributed by atoms with Crippen molar-refractivity contribution in [1.29, 1.82) is 0 Å². The van der Waals surface area contributed by atoms with E-state index in [0.29, 0.717) is 16.0 Å². The van der Waals surface area contributed by atoms with Crippen LogP contribution in [0.2, 0.25) is 0 Å². The highest BCUT2D eigenvalue weighted by molar-refractivity contribution is 7.18. The molecular formula is C22H20F3N5O6S. The molecule has 3 N–H and O–H groups in total. The minimum atomic E-state index is -4.53. The molecule has 0 aliphatic carbocycles. The normalized spacial score (nSPS) is 11.3. The van der Waals surface area contributed by atoms with Crippen LogP contribution in [-0.4, -0.2) is 53.7 Å². The Labute approximate surface area is 211 Å². The first-order valence-corrected chi connectivity index (χ1v) is 11.1. The molecular weight excluding hydrogens is 519 g/mol. The van der Waals surface area contributed by atoms with E-state index >= 15 is 0 Å². The van der Waals surface area contributed by atoms with Crippen molar-refractivity contribution in [1.82, 2.24) is 9.88 Å². The zero-order valence-electron chi connectivity index (χ0n) is 19.4. The highest BCUT2D eigenvalue weighted by atomic mass is 32.1. The Kier molecular flexibility index (Phi) is 8.29. The number of aromatic nitrogens is 1. The predicted octanol–water partition coefficient (Wildman–Crippen LogP) is 4.43. The molecule has 3 aromatic rings. The molecule has 0 radical (unpaired) electrons. The summed E-state index contributed by atoms with van der Waals surface area (Å²) in [6.45, 7) is -1.30. The van der Waals surface area contributed by atoms with Gasteiger partial charge in [0, 0.05) is 35.2 Å². The van der Waals surface area contributed by atoms with E-state index in [9.17, 15) is 32.9 Å². The monoisotopic (exact) mass is 539 g/mol. The van der Waals surface area contributed by atoms with E-state index in [1.165, 1.54) is 30.3 Å². The van der Waals surface area contributed by atoms with Crippen LogP contribution in [0.4, 0.5) is 29.3 Å². The number of primary amides is 1. The Balaban J connectivity index is 1.98. The second kappa shape index (κ2) is 11.2. The van der Waals surface area contributed by atoms with Gasteiger partial charge in [-0.2, -0.15) is 13.2 Å². The molecule has 0 fully saturated rings. The number of hydrogen-bond donors (Lipinski definition) is 2. The van der Waals surface area contributed by atoms with Crippen molar-refractivity contribution in [3.8, 4) is 21.4 Å². The van der Waals surface area contributed by atoms with Crippen molar-refractivity contribution < 1.29 is 37.2 Å². The van der Waals surface area contributed by atoms with Crippen LogP contribution in [0.25, 0.3) is 10.4 Å². The fourth-order valence-electron chi connectivity index (χ4n) is 3.16. The van der Waals surface area contributed by atoms with Gasteiger partial charge in [0.05, 0.1) is 22.4 Å². The summed E-state index contributed by atoms with van der Waals surface area (Å²) in [6.07, 6.45) is -4.59. The standard InChI is InChI=1S/C22H20F3N5O6S/c1-29(2)10-15-17(19(31)28-13-5-8-16(27-9-13)35-11-22(23,24)25)20(36-21(26)32)37-18(15)12-3-6-14(7-4-12)30(33)34/h3-9H,10-11H2,1-2H3,(H2,26,32)(H,28,31). The van der Waals surface area contributed by atoms with Gasteiger partial charge in [0.2, 0.25) is 5.88 Å². The van der Waals surface area contributed by atoms with Crippen LogP contribution in [-0.2, 0) is 6.54 Å². The Hall–Kier alpha value is -4.24. The Morgan fingerprint density at radius 3 is 2.38 bits per heavy atom. The van der Waals surface area contributed by atoms with Gasteiger partial charge in [-0.1, -0.05) is 11.3 Å². The number of hydrogen-bond acceptors (Lipinski definition) is 9.